The molecule has 2 aliphatic rings. The lowest BCUT2D eigenvalue weighted by Crippen LogP contribution is -2.41. The largest absolute Gasteiger partial charge is 0.349 e. The Morgan fingerprint density at radius 1 is 1.06 bits per heavy atom. The maximum absolute atomic E-state index is 14.9. The van der Waals surface area contributed by atoms with Crippen molar-refractivity contribution in [3.05, 3.63) is 90.0 Å². The van der Waals surface area contributed by atoms with Crippen molar-refractivity contribution >= 4 is 34.0 Å². The highest BCUT2D eigenvalue weighted by Gasteiger charge is 2.29. The molecule has 6 rings (SSSR count). The Morgan fingerprint density at radius 2 is 1.91 bits per heavy atom. The highest BCUT2D eigenvalue weighted by molar-refractivity contribution is 5.95. The first-order valence-corrected chi connectivity index (χ1v) is 11.4. The van der Waals surface area contributed by atoms with Gasteiger partial charge in [-0.1, -0.05) is 12.1 Å². The summed E-state index contributed by atoms with van der Waals surface area (Å²) in [5, 5.41) is 7.66. The van der Waals surface area contributed by atoms with Crippen LogP contribution in [0.5, 0.6) is 0 Å². The molecule has 0 unspecified atom stereocenters. The summed E-state index contributed by atoms with van der Waals surface area (Å²) < 4.78 is 14.9. The summed E-state index contributed by atoms with van der Waals surface area (Å²) in [4.78, 5) is 21.4. The summed E-state index contributed by atoms with van der Waals surface area (Å²) in [5.41, 5.74) is 6.78. The Morgan fingerprint density at radius 3 is 2.74 bits per heavy atom. The van der Waals surface area contributed by atoms with Gasteiger partial charge in [0.2, 0.25) is 0 Å². The minimum absolute atomic E-state index is 0.0582. The van der Waals surface area contributed by atoms with E-state index >= 15 is 0 Å². The second-order valence-corrected chi connectivity index (χ2v) is 8.66. The number of carbonyl (C=O) groups excluding carboxylic acids is 1. The number of rotatable bonds is 5. The number of hydrogen-bond donors (Lipinski definition) is 2. The van der Waals surface area contributed by atoms with Crippen molar-refractivity contribution in [2.24, 2.45) is 0 Å². The lowest BCUT2D eigenvalue weighted by molar-refractivity contribution is 0.0913. The standard InChI is InChI=1S/C26H23FN6O/c27-22-15-20(9-10-21(22)26(34)30-19-5-1-6-19)33-24-7-3-13-29-25(24)32(31-33)16-17-8-11-23-18(14-17)4-2-12-28-23/h2-4,7-15,19,31H,1,5-6,16H2,(H,30,34). The van der Waals surface area contributed by atoms with Gasteiger partial charge < -0.3 is 5.32 Å². The molecule has 7 nitrogen and oxygen atoms in total. The number of pyridine rings is 2. The topological polar surface area (TPSA) is 73.4 Å². The highest BCUT2D eigenvalue weighted by Crippen LogP contribution is 2.37. The molecule has 1 aliphatic carbocycles. The van der Waals surface area contributed by atoms with Gasteiger partial charge in [0.05, 0.1) is 23.3 Å². The number of hydrazine groups is 2. The second-order valence-electron chi connectivity index (χ2n) is 8.66. The van der Waals surface area contributed by atoms with Crippen molar-refractivity contribution in [2.75, 3.05) is 10.0 Å². The number of fused-ring (bicyclic) bond motifs is 2. The van der Waals surface area contributed by atoms with Gasteiger partial charge >= 0.3 is 0 Å². The second kappa shape index (κ2) is 8.39. The van der Waals surface area contributed by atoms with E-state index in [9.17, 15) is 9.18 Å². The van der Waals surface area contributed by atoms with Crippen molar-refractivity contribution in [1.29, 1.82) is 0 Å². The van der Waals surface area contributed by atoms with Crippen LogP contribution in [-0.2, 0) is 6.54 Å². The van der Waals surface area contributed by atoms with Crippen molar-refractivity contribution in [3.8, 4) is 0 Å². The average molecular weight is 455 g/mol. The van der Waals surface area contributed by atoms with Crippen molar-refractivity contribution in [2.45, 2.75) is 31.8 Å². The first-order chi connectivity index (χ1) is 16.7. The van der Waals surface area contributed by atoms with E-state index in [1.807, 2.05) is 41.4 Å². The molecular formula is C26H23FN6O. The van der Waals surface area contributed by atoms with Gasteiger partial charge in [0.15, 0.2) is 5.82 Å². The van der Waals surface area contributed by atoms with Gasteiger partial charge in [0.1, 0.15) is 11.5 Å². The fourth-order valence-electron chi connectivity index (χ4n) is 4.35. The number of nitrogens with one attached hydrogen (secondary N) is 2. The zero-order valence-electron chi connectivity index (χ0n) is 18.4. The molecular weight excluding hydrogens is 431 g/mol. The molecule has 3 heterocycles. The molecule has 4 aromatic rings. The number of carbonyl (C=O) groups is 1. The van der Waals surface area contributed by atoms with Crippen LogP contribution in [0.4, 0.5) is 21.6 Å². The molecule has 1 saturated carbocycles. The van der Waals surface area contributed by atoms with Crippen LogP contribution in [0.25, 0.3) is 10.9 Å². The number of benzene rings is 2. The van der Waals surface area contributed by atoms with Gasteiger partial charge in [-0.3, -0.25) is 19.8 Å². The van der Waals surface area contributed by atoms with Gasteiger partial charge in [-0.2, -0.15) is 0 Å². The lowest BCUT2D eigenvalue weighted by atomic mass is 9.93. The van der Waals surface area contributed by atoms with Crippen LogP contribution in [0.1, 0.15) is 35.2 Å². The molecule has 0 radical (unpaired) electrons. The van der Waals surface area contributed by atoms with Crippen molar-refractivity contribution in [1.82, 2.24) is 20.8 Å². The molecule has 170 valence electrons. The van der Waals surface area contributed by atoms with Crippen LogP contribution in [0, 0.1) is 5.82 Å². The lowest BCUT2D eigenvalue weighted by Gasteiger charge is -2.26. The van der Waals surface area contributed by atoms with Crippen molar-refractivity contribution in [3.63, 3.8) is 0 Å². The number of amides is 1. The summed E-state index contributed by atoms with van der Waals surface area (Å²) in [5.74, 6) is -0.180. The minimum Gasteiger partial charge on any atom is -0.349 e. The first kappa shape index (κ1) is 20.6. The van der Waals surface area contributed by atoms with E-state index in [2.05, 4.69) is 26.9 Å². The first-order valence-electron chi connectivity index (χ1n) is 11.4. The third-order valence-electron chi connectivity index (χ3n) is 6.39. The monoisotopic (exact) mass is 454 g/mol. The zero-order chi connectivity index (χ0) is 23.1. The fourth-order valence-corrected chi connectivity index (χ4v) is 4.35. The number of halogens is 1. The van der Waals surface area contributed by atoms with E-state index in [1.165, 1.54) is 12.1 Å². The molecule has 2 aromatic carbocycles. The van der Waals surface area contributed by atoms with Gasteiger partial charge in [-0.15, -0.1) is 5.53 Å². The highest BCUT2D eigenvalue weighted by atomic mass is 19.1. The Kier molecular flexibility index (Phi) is 5.07. The molecule has 0 spiro atoms. The summed E-state index contributed by atoms with van der Waals surface area (Å²) in [6.07, 6.45) is 6.53. The molecule has 1 aliphatic heterocycles. The maximum atomic E-state index is 14.9. The molecule has 0 saturated heterocycles. The molecule has 1 fully saturated rings. The average Bonchev–Trinajstić information content (AvgIpc) is 3.19. The van der Waals surface area contributed by atoms with Crippen LogP contribution in [0.2, 0.25) is 0 Å². The zero-order valence-corrected chi connectivity index (χ0v) is 18.4. The molecule has 0 atom stereocenters. The Hall–Kier alpha value is -4.04. The van der Waals surface area contributed by atoms with Crippen LogP contribution in [0.15, 0.2) is 73.1 Å². The van der Waals surface area contributed by atoms with E-state index in [0.29, 0.717) is 12.2 Å². The van der Waals surface area contributed by atoms with Crippen LogP contribution in [0.3, 0.4) is 0 Å². The molecule has 0 bridgehead atoms. The number of nitrogens with zero attached hydrogens (tertiary/aromatic N) is 4. The van der Waals surface area contributed by atoms with E-state index in [1.54, 1.807) is 23.5 Å². The van der Waals surface area contributed by atoms with Crippen molar-refractivity contribution < 1.29 is 9.18 Å². The third kappa shape index (κ3) is 3.72. The number of anilines is 3. The quantitative estimate of drug-likeness (QED) is 0.458. The van der Waals surface area contributed by atoms with Crippen LogP contribution < -0.4 is 20.9 Å². The summed E-state index contributed by atoms with van der Waals surface area (Å²) in [6.45, 7) is 0.551. The van der Waals surface area contributed by atoms with E-state index in [0.717, 1.165) is 47.2 Å². The van der Waals surface area contributed by atoms with E-state index in [-0.39, 0.29) is 17.5 Å². The summed E-state index contributed by atoms with van der Waals surface area (Å²) in [6, 6.07) is 18.7. The minimum atomic E-state index is -0.554. The molecule has 2 N–H and O–H groups in total. The third-order valence-corrected chi connectivity index (χ3v) is 6.39. The Balaban J connectivity index is 1.26. The van der Waals surface area contributed by atoms with E-state index < -0.39 is 5.82 Å². The van der Waals surface area contributed by atoms with Gasteiger partial charge in [-0.25, -0.2) is 9.37 Å². The van der Waals surface area contributed by atoms with Gasteiger partial charge in [0, 0.05) is 23.8 Å². The molecule has 34 heavy (non-hydrogen) atoms. The normalized spacial score (nSPS) is 15.3. The number of aromatic nitrogens is 2. The van der Waals surface area contributed by atoms with Gasteiger partial charge in [-0.05, 0) is 73.4 Å². The van der Waals surface area contributed by atoms with Gasteiger partial charge in [0.25, 0.3) is 5.91 Å². The molecule has 2 aromatic heterocycles. The fraction of sp³-hybridized carbons (Fsp3) is 0.192. The number of hydrogen-bond acceptors (Lipinski definition) is 6. The SMILES string of the molecule is O=C(NC1CCC1)c1ccc(N2NN(Cc3ccc4ncccc4c3)c3ncccc32)cc1F. The predicted molar refractivity (Wildman–Crippen MR) is 129 cm³/mol. The summed E-state index contributed by atoms with van der Waals surface area (Å²) >= 11 is 0. The maximum Gasteiger partial charge on any atom is 0.254 e. The molecule has 8 heteroatoms. The molecule has 1 amide bonds. The Bertz CT molecular complexity index is 1390. The smallest absolute Gasteiger partial charge is 0.254 e. The Labute approximate surface area is 196 Å². The summed E-state index contributed by atoms with van der Waals surface area (Å²) in [7, 11) is 0. The van der Waals surface area contributed by atoms with Crippen LogP contribution >= 0.6 is 0 Å². The predicted octanol–water partition coefficient (Wildman–Crippen LogP) is 4.63. The van der Waals surface area contributed by atoms with Crippen LogP contribution in [-0.4, -0.2) is 21.9 Å². The van der Waals surface area contributed by atoms with E-state index in [4.69, 9.17) is 0 Å².